The van der Waals surface area contributed by atoms with E-state index in [2.05, 4.69) is 5.32 Å². The molecule has 22 heavy (non-hydrogen) atoms. The Hall–Kier alpha value is -1.80. The van der Waals surface area contributed by atoms with Gasteiger partial charge in [-0.3, -0.25) is 14.9 Å². The number of benzene rings is 1. The molecule has 2 rings (SSSR count). The van der Waals surface area contributed by atoms with Crippen molar-refractivity contribution < 1.29 is 22.4 Å². The van der Waals surface area contributed by atoms with Gasteiger partial charge in [-0.2, -0.15) is 4.31 Å². The minimum atomic E-state index is -3.68. The second-order valence-corrected chi connectivity index (χ2v) is 7.12. The molecule has 1 saturated heterocycles. The molecule has 0 spiro atoms. The summed E-state index contributed by atoms with van der Waals surface area (Å²) in [6.45, 7) is 1.64. The number of imide groups is 1. The monoisotopic (exact) mass is 328 g/mol. The number of hydrogen-bond acceptors (Lipinski definition) is 4. The number of nitrogens with zero attached hydrogens (tertiary/aromatic N) is 1. The fraction of sp³-hybridized carbons (Fsp3) is 0.429. The average Bonchev–Trinajstić information content (AvgIpc) is 2.47. The van der Waals surface area contributed by atoms with Crippen LogP contribution in [-0.2, 0) is 19.6 Å². The quantitative estimate of drug-likeness (QED) is 0.893. The summed E-state index contributed by atoms with van der Waals surface area (Å²) in [6.07, 6.45) is 0.694. The third-order valence-electron chi connectivity index (χ3n) is 3.58. The Bertz CT molecular complexity index is 665. The highest BCUT2D eigenvalue weighted by Gasteiger charge is 2.32. The molecule has 120 valence electrons. The number of halogens is 1. The Balaban J connectivity index is 2.03. The third-order valence-corrected chi connectivity index (χ3v) is 5.49. The second-order valence-electron chi connectivity index (χ2n) is 5.18. The van der Waals surface area contributed by atoms with Gasteiger partial charge in [-0.1, -0.05) is 0 Å². The van der Waals surface area contributed by atoms with Crippen LogP contribution in [-0.4, -0.2) is 37.6 Å². The lowest BCUT2D eigenvalue weighted by molar-refractivity contribution is -0.132. The van der Waals surface area contributed by atoms with Crippen LogP contribution in [0.4, 0.5) is 4.39 Å². The highest BCUT2D eigenvalue weighted by atomic mass is 32.2. The first kappa shape index (κ1) is 16.6. The Morgan fingerprint density at radius 1 is 1.18 bits per heavy atom. The molecule has 0 unspecified atom stereocenters. The van der Waals surface area contributed by atoms with Gasteiger partial charge in [0.15, 0.2) is 0 Å². The molecular weight excluding hydrogens is 311 g/mol. The maximum atomic E-state index is 12.9. The Morgan fingerprint density at radius 3 is 2.23 bits per heavy atom. The van der Waals surface area contributed by atoms with E-state index in [4.69, 9.17) is 0 Å². The highest BCUT2D eigenvalue weighted by molar-refractivity contribution is 7.89. The first-order valence-electron chi connectivity index (χ1n) is 6.88. The summed E-state index contributed by atoms with van der Waals surface area (Å²) >= 11 is 0. The second kappa shape index (κ2) is 6.53. The van der Waals surface area contributed by atoms with Crippen LogP contribution in [0, 0.1) is 11.7 Å². The summed E-state index contributed by atoms with van der Waals surface area (Å²) in [5.41, 5.74) is 0. The van der Waals surface area contributed by atoms with Gasteiger partial charge >= 0.3 is 0 Å². The molecule has 1 aliphatic heterocycles. The topological polar surface area (TPSA) is 83.6 Å². The van der Waals surface area contributed by atoms with Crippen LogP contribution in [0.3, 0.4) is 0 Å². The maximum absolute atomic E-state index is 12.9. The first-order chi connectivity index (χ1) is 10.3. The van der Waals surface area contributed by atoms with Crippen molar-refractivity contribution in [2.75, 3.05) is 13.1 Å². The van der Waals surface area contributed by atoms with Gasteiger partial charge in [-0.15, -0.1) is 0 Å². The van der Waals surface area contributed by atoms with Crippen molar-refractivity contribution >= 4 is 21.8 Å². The molecule has 8 heteroatoms. The van der Waals surface area contributed by atoms with E-state index in [9.17, 15) is 22.4 Å². The maximum Gasteiger partial charge on any atom is 0.243 e. The van der Waals surface area contributed by atoms with Crippen LogP contribution in [0.2, 0.25) is 0 Å². The van der Waals surface area contributed by atoms with Crippen molar-refractivity contribution in [2.24, 2.45) is 5.92 Å². The van der Waals surface area contributed by atoms with E-state index in [-0.39, 0.29) is 29.8 Å². The molecule has 0 aromatic heterocycles. The number of carbonyl (C=O) groups is 2. The van der Waals surface area contributed by atoms with Gasteiger partial charge in [0.25, 0.3) is 0 Å². The minimum absolute atomic E-state index is 0.0283. The number of amides is 2. The normalized spacial score (nSPS) is 17.2. The van der Waals surface area contributed by atoms with Crippen molar-refractivity contribution in [3.05, 3.63) is 30.1 Å². The number of nitrogens with one attached hydrogen (secondary N) is 1. The van der Waals surface area contributed by atoms with Crippen molar-refractivity contribution in [1.82, 2.24) is 9.62 Å². The molecular formula is C14H17FN2O4S. The van der Waals surface area contributed by atoms with Gasteiger partial charge in [0.1, 0.15) is 5.82 Å². The standard InChI is InChI=1S/C14H17FN2O4S/c1-10(18)16-14(19)11-6-8-17(9-7-11)22(20,21)13-4-2-12(15)3-5-13/h2-5,11H,6-9H2,1H3,(H,16,18,19). The van der Waals surface area contributed by atoms with E-state index in [0.29, 0.717) is 12.8 Å². The summed E-state index contributed by atoms with van der Waals surface area (Å²) in [5, 5.41) is 2.22. The predicted octanol–water partition coefficient (Wildman–Crippen LogP) is 0.889. The van der Waals surface area contributed by atoms with Crippen LogP contribution in [0.15, 0.2) is 29.2 Å². The Morgan fingerprint density at radius 2 is 1.73 bits per heavy atom. The molecule has 1 aromatic carbocycles. The molecule has 1 fully saturated rings. The van der Waals surface area contributed by atoms with Crippen LogP contribution in [0.25, 0.3) is 0 Å². The predicted molar refractivity (Wildman–Crippen MR) is 76.7 cm³/mol. The number of rotatable bonds is 3. The number of piperidine rings is 1. The molecule has 1 aromatic rings. The molecule has 6 nitrogen and oxygen atoms in total. The van der Waals surface area contributed by atoms with Crippen molar-refractivity contribution in [3.63, 3.8) is 0 Å². The summed E-state index contributed by atoms with van der Waals surface area (Å²) < 4.78 is 39.0. The summed E-state index contributed by atoms with van der Waals surface area (Å²) in [5.74, 6) is -1.67. The summed E-state index contributed by atoms with van der Waals surface area (Å²) in [4.78, 5) is 22.6. The summed E-state index contributed by atoms with van der Waals surface area (Å²) in [7, 11) is -3.68. The van der Waals surface area contributed by atoms with Gasteiger partial charge in [-0.05, 0) is 37.1 Å². The lowest BCUT2D eigenvalue weighted by Crippen LogP contribution is -2.43. The molecule has 2 amide bonds. The molecule has 0 saturated carbocycles. The van der Waals surface area contributed by atoms with Gasteiger partial charge in [0, 0.05) is 25.9 Å². The third kappa shape index (κ3) is 3.69. The SMILES string of the molecule is CC(=O)NC(=O)C1CCN(S(=O)(=O)c2ccc(F)cc2)CC1. The zero-order chi connectivity index (χ0) is 16.3. The Labute approximate surface area is 128 Å². The lowest BCUT2D eigenvalue weighted by Gasteiger charge is -2.30. The molecule has 0 aliphatic carbocycles. The molecule has 1 N–H and O–H groups in total. The van der Waals surface area contributed by atoms with E-state index >= 15 is 0 Å². The van der Waals surface area contributed by atoms with E-state index in [1.807, 2.05) is 0 Å². The van der Waals surface area contributed by atoms with Crippen molar-refractivity contribution in [2.45, 2.75) is 24.7 Å². The zero-order valence-corrected chi connectivity index (χ0v) is 12.9. The Kier molecular flexibility index (Phi) is 4.92. The van der Waals surface area contributed by atoms with Gasteiger partial charge in [0.2, 0.25) is 21.8 Å². The van der Waals surface area contributed by atoms with E-state index in [0.717, 1.165) is 12.1 Å². The summed E-state index contributed by atoms with van der Waals surface area (Å²) in [6, 6.07) is 4.64. The van der Waals surface area contributed by atoms with Crippen molar-refractivity contribution in [3.8, 4) is 0 Å². The van der Waals surface area contributed by atoms with Gasteiger partial charge in [-0.25, -0.2) is 12.8 Å². The number of hydrogen-bond donors (Lipinski definition) is 1. The lowest BCUT2D eigenvalue weighted by atomic mass is 9.97. The molecule has 0 bridgehead atoms. The van der Waals surface area contributed by atoms with Crippen LogP contribution in [0.1, 0.15) is 19.8 Å². The van der Waals surface area contributed by atoms with E-state index < -0.39 is 21.7 Å². The van der Waals surface area contributed by atoms with Crippen LogP contribution in [0.5, 0.6) is 0 Å². The molecule has 1 heterocycles. The first-order valence-corrected chi connectivity index (χ1v) is 8.32. The average molecular weight is 328 g/mol. The zero-order valence-electron chi connectivity index (χ0n) is 12.1. The smallest absolute Gasteiger partial charge is 0.243 e. The van der Waals surface area contributed by atoms with E-state index in [1.54, 1.807) is 0 Å². The van der Waals surface area contributed by atoms with Gasteiger partial charge < -0.3 is 0 Å². The van der Waals surface area contributed by atoms with Gasteiger partial charge in [0.05, 0.1) is 4.90 Å². The number of carbonyl (C=O) groups excluding carboxylic acids is 2. The fourth-order valence-corrected chi connectivity index (χ4v) is 3.86. The highest BCUT2D eigenvalue weighted by Crippen LogP contribution is 2.24. The van der Waals surface area contributed by atoms with E-state index in [1.165, 1.54) is 23.4 Å². The van der Waals surface area contributed by atoms with Crippen molar-refractivity contribution in [1.29, 1.82) is 0 Å². The molecule has 1 aliphatic rings. The fourth-order valence-electron chi connectivity index (χ4n) is 2.39. The molecule has 0 atom stereocenters. The van der Waals surface area contributed by atoms with Crippen LogP contribution < -0.4 is 5.32 Å². The number of sulfonamides is 1. The molecule has 0 radical (unpaired) electrons. The minimum Gasteiger partial charge on any atom is -0.296 e. The largest absolute Gasteiger partial charge is 0.296 e. The van der Waals surface area contributed by atoms with Crippen LogP contribution >= 0.6 is 0 Å².